The van der Waals surface area contributed by atoms with E-state index in [4.69, 9.17) is 5.11 Å². The van der Waals surface area contributed by atoms with Gasteiger partial charge in [0.1, 0.15) is 0 Å². The van der Waals surface area contributed by atoms with Crippen molar-refractivity contribution in [1.82, 2.24) is 15.1 Å². The summed E-state index contributed by atoms with van der Waals surface area (Å²) in [5, 5.41) is 11.4. The molecular formula is C12H21N3O3. The standard InChI is InChI=1S/C12H21N3O3/c1-2-5-15(8-9-16)12(18)13-10-11(17)14-6-3-4-7-14/h2,16H,1,3-10H2,(H,13,18). The molecule has 6 heteroatoms. The lowest BCUT2D eigenvalue weighted by atomic mass is 10.4. The molecule has 1 aliphatic heterocycles. The largest absolute Gasteiger partial charge is 0.395 e. The van der Waals surface area contributed by atoms with Gasteiger partial charge in [0.05, 0.1) is 13.2 Å². The SMILES string of the molecule is C=CCN(CCO)C(=O)NCC(=O)N1CCCC1. The molecule has 0 bridgehead atoms. The van der Waals surface area contributed by atoms with Crippen LogP contribution in [0.1, 0.15) is 12.8 Å². The third-order valence-electron chi connectivity index (χ3n) is 2.86. The minimum absolute atomic E-state index is 0.0118. The van der Waals surface area contributed by atoms with Crippen LogP contribution in [0.3, 0.4) is 0 Å². The van der Waals surface area contributed by atoms with Gasteiger partial charge in [-0.1, -0.05) is 6.08 Å². The first kappa shape index (κ1) is 14.5. The zero-order valence-electron chi connectivity index (χ0n) is 10.6. The molecule has 0 saturated carbocycles. The number of nitrogens with zero attached hydrogens (tertiary/aromatic N) is 2. The van der Waals surface area contributed by atoms with Crippen molar-refractivity contribution in [2.24, 2.45) is 0 Å². The number of rotatable bonds is 6. The van der Waals surface area contributed by atoms with Crippen molar-refractivity contribution < 1.29 is 14.7 Å². The maximum absolute atomic E-state index is 11.7. The van der Waals surface area contributed by atoms with E-state index < -0.39 is 0 Å². The van der Waals surface area contributed by atoms with Crippen LogP contribution in [0.5, 0.6) is 0 Å². The Bertz CT molecular complexity index is 301. The molecule has 18 heavy (non-hydrogen) atoms. The Morgan fingerprint density at radius 1 is 1.39 bits per heavy atom. The highest BCUT2D eigenvalue weighted by Gasteiger charge is 2.19. The average molecular weight is 255 g/mol. The molecule has 2 N–H and O–H groups in total. The van der Waals surface area contributed by atoms with Crippen molar-refractivity contribution in [1.29, 1.82) is 0 Å². The zero-order valence-corrected chi connectivity index (χ0v) is 10.6. The summed E-state index contributed by atoms with van der Waals surface area (Å²) < 4.78 is 0. The van der Waals surface area contributed by atoms with Crippen molar-refractivity contribution in [3.8, 4) is 0 Å². The van der Waals surface area contributed by atoms with Crippen LogP contribution in [-0.2, 0) is 4.79 Å². The van der Waals surface area contributed by atoms with Crippen LogP contribution >= 0.6 is 0 Å². The van der Waals surface area contributed by atoms with E-state index in [9.17, 15) is 9.59 Å². The molecule has 1 heterocycles. The van der Waals surface area contributed by atoms with Crippen LogP contribution in [0.2, 0.25) is 0 Å². The van der Waals surface area contributed by atoms with Crippen LogP contribution in [0.25, 0.3) is 0 Å². The minimum atomic E-state index is -0.350. The Kier molecular flexibility index (Phi) is 6.21. The van der Waals surface area contributed by atoms with Crippen LogP contribution in [0.15, 0.2) is 12.7 Å². The summed E-state index contributed by atoms with van der Waals surface area (Å²) in [6.45, 7) is 5.59. The fourth-order valence-electron chi connectivity index (χ4n) is 1.89. The quantitative estimate of drug-likeness (QED) is 0.646. The Morgan fingerprint density at radius 2 is 2.06 bits per heavy atom. The number of carbonyl (C=O) groups excluding carboxylic acids is 2. The smallest absolute Gasteiger partial charge is 0.318 e. The predicted octanol–water partition coefficient (Wildman–Crippen LogP) is -0.201. The highest BCUT2D eigenvalue weighted by Crippen LogP contribution is 2.06. The van der Waals surface area contributed by atoms with Gasteiger partial charge in [0.15, 0.2) is 0 Å². The van der Waals surface area contributed by atoms with Crippen molar-refractivity contribution in [3.63, 3.8) is 0 Å². The molecule has 0 aromatic rings. The van der Waals surface area contributed by atoms with Crippen LogP contribution in [0.4, 0.5) is 4.79 Å². The lowest BCUT2D eigenvalue weighted by Gasteiger charge is -2.21. The van der Waals surface area contributed by atoms with Gasteiger partial charge >= 0.3 is 6.03 Å². The molecular weight excluding hydrogens is 234 g/mol. The van der Waals surface area contributed by atoms with Crippen molar-refractivity contribution in [3.05, 3.63) is 12.7 Å². The maximum atomic E-state index is 11.7. The molecule has 102 valence electrons. The molecule has 0 radical (unpaired) electrons. The predicted molar refractivity (Wildman–Crippen MR) is 68.1 cm³/mol. The van der Waals surface area contributed by atoms with Gasteiger partial charge in [-0.2, -0.15) is 0 Å². The molecule has 1 rings (SSSR count). The van der Waals surface area contributed by atoms with E-state index in [0.29, 0.717) is 6.54 Å². The molecule has 6 nitrogen and oxygen atoms in total. The second kappa shape index (κ2) is 7.71. The summed E-state index contributed by atoms with van der Waals surface area (Å²) in [6.07, 6.45) is 3.65. The molecule has 3 amide bonds. The van der Waals surface area contributed by atoms with Gasteiger partial charge in [-0.15, -0.1) is 6.58 Å². The lowest BCUT2D eigenvalue weighted by Crippen LogP contribution is -2.45. The van der Waals surface area contributed by atoms with Gasteiger partial charge in [-0.05, 0) is 12.8 Å². The molecule has 0 aromatic carbocycles. The number of carbonyl (C=O) groups is 2. The summed E-state index contributed by atoms with van der Waals surface area (Å²) in [4.78, 5) is 26.6. The highest BCUT2D eigenvalue weighted by molar-refractivity contribution is 5.84. The minimum Gasteiger partial charge on any atom is -0.395 e. The molecule has 1 fully saturated rings. The normalized spacial score (nSPS) is 14.4. The summed E-state index contributed by atoms with van der Waals surface area (Å²) in [5.41, 5.74) is 0. The fraction of sp³-hybridized carbons (Fsp3) is 0.667. The summed E-state index contributed by atoms with van der Waals surface area (Å²) in [5.74, 6) is -0.0524. The summed E-state index contributed by atoms with van der Waals surface area (Å²) in [6, 6.07) is -0.350. The molecule has 0 aliphatic carbocycles. The first-order valence-electron chi connectivity index (χ1n) is 6.21. The van der Waals surface area contributed by atoms with E-state index in [1.54, 1.807) is 11.0 Å². The Labute approximate surface area is 107 Å². The Hall–Kier alpha value is -1.56. The van der Waals surface area contributed by atoms with Crippen LogP contribution in [0, 0.1) is 0 Å². The van der Waals surface area contributed by atoms with E-state index in [-0.39, 0.29) is 31.6 Å². The summed E-state index contributed by atoms with van der Waals surface area (Å²) in [7, 11) is 0. The number of hydrogen-bond acceptors (Lipinski definition) is 3. The molecule has 0 unspecified atom stereocenters. The number of amides is 3. The second-order valence-electron chi connectivity index (χ2n) is 4.20. The summed E-state index contributed by atoms with van der Waals surface area (Å²) >= 11 is 0. The second-order valence-corrected chi connectivity index (χ2v) is 4.20. The number of urea groups is 1. The van der Waals surface area contributed by atoms with Crippen LogP contribution < -0.4 is 5.32 Å². The van der Waals surface area contributed by atoms with Gasteiger partial charge in [-0.25, -0.2) is 4.79 Å². The number of hydrogen-bond donors (Lipinski definition) is 2. The third kappa shape index (κ3) is 4.37. The first-order valence-corrected chi connectivity index (χ1v) is 6.21. The third-order valence-corrected chi connectivity index (χ3v) is 2.86. The van der Waals surface area contributed by atoms with Gasteiger partial charge in [-0.3, -0.25) is 4.79 Å². The zero-order chi connectivity index (χ0) is 13.4. The van der Waals surface area contributed by atoms with E-state index in [1.807, 2.05) is 0 Å². The van der Waals surface area contributed by atoms with Crippen molar-refractivity contribution in [2.45, 2.75) is 12.8 Å². The molecule has 1 aliphatic rings. The average Bonchev–Trinajstić information content (AvgIpc) is 2.89. The maximum Gasteiger partial charge on any atom is 0.318 e. The van der Waals surface area contributed by atoms with Gasteiger partial charge in [0, 0.05) is 26.2 Å². The van der Waals surface area contributed by atoms with Gasteiger partial charge in [0.25, 0.3) is 0 Å². The molecule has 0 atom stereocenters. The molecule has 0 spiro atoms. The topological polar surface area (TPSA) is 72.9 Å². The number of aliphatic hydroxyl groups is 1. The van der Waals surface area contributed by atoms with E-state index in [2.05, 4.69) is 11.9 Å². The number of nitrogens with one attached hydrogen (secondary N) is 1. The van der Waals surface area contributed by atoms with Crippen LogP contribution in [-0.4, -0.2) is 66.2 Å². The Morgan fingerprint density at radius 3 is 2.61 bits per heavy atom. The fourth-order valence-corrected chi connectivity index (χ4v) is 1.89. The Balaban J connectivity index is 2.33. The molecule has 0 aromatic heterocycles. The van der Waals surface area contributed by atoms with Crippen molar-refractivity contribution >= 4 is 11.9 Å². The number of likely N-dealkylation sites (tertiary alicyclic amines) is 1. The van der Waals surface area contributed by atoms with E-state index in [1.165, 1.54) is 4.90 Å². The van der Waals surface area contributed by atoms with Gasteiger partial charge < -0.3 is 20.2 Å². The lowest BCUT2D eigenvalue weighted by molar-refractivity contribution is -0.129. The van der Waals surface area contributed by atoms with Gasteiger partial charge in [0.2, 0.25) is 5.91 Å². The monoisotopic (exact) mass is 255 g/mol. The number of aliphatic hydroxyl groups excluding tert-OH is 1. The van der Waals surface area contributed by atoms with E-state index in [0.717, 1.165) is 25.9 Å². The van der Waals surface area contributed by atoms with Crippen molar-refractivity contribution in [2.75, 3.05) is 39.3 Å². The molecule has 1 saturated heterocycles. The first-order chi connectivity index (χ1) is 8.69. The highest BCUT2D eigenvalue weighted by atomic mass is 16.3. The van der Waals surface area contributed by atoms with E-state index >= 15 is 0 Å².